The standard InChI is InChI=1S/C12H13N3O2.C3H6O2.CH5N/c16-9-7-8(13-1-2-13)12(17)11(15-5-6-15)10(9)14-3-4-14;1-3(4)5-2;1-2/h7H,1-6H2;1-2H3;2H2,1H3. The van der Waals surface area contributed by atoms with E-state index in [2.05, 4.69) is 10.5 Å². The highest BCUT2D eigenvalue weighted by Crippen LogP contribution is 2.33. The van der Waals surface area contributed by atoms with Crippen LogP contribution >= 0.6 is 0 Å². The van der Waals surface area contributed by atoms with E-state index in [-0.39, 0.29) is 17.5 Å². The average Bonchev–Trinajstić information content (AvgIpc) is 3.42. The summed E-state index contributed by atoms with van der Waals surface area (Å²) in [5.41, 5.74) is 6.39. The third-order valence-electron chi connectivity index (χ3n) is 3.78. The quantitative estimate of drug-likeness (QED) is 0.396. The minimum Gasteiger partial charge on any atom is -0.469 e. The summed E-state index contributed by atoms with van der Waals surface area (Å²) in [7, 11) is 2.85. The van der Waals surface area contributed by atoms with E-state index in [0.29, 0.717) is 17.1 Å². The van der Waals surface area contributed by atoms with Crippen LogP contribution in [-0.4, -0.2) is 85.7 Å². The fraction of sp³-hybridized carbons (Fsp3) is 0.562. The SMILES string of the molecule is CN.COC(C)=O.O=C1C=C(N2CC2)C(=O)C(N2CC2)=C1N1CC1. The van der Waals surface area contributed by atoms with Crippen LogP contribution in [0.5, 0.6) is 0 Å². The number of hydrogen-bond acceptors (Lipinski definition) is 8. The van der Waals surface area contributed by atoms with Crippen molar-refractivity contribution in [1.82, 2.24) is 14.7 Å². The second-order valence-corrected chi connectivity index (χ2v) is 5.58. The number of ketones is 2. The van der Waals surface area contributed by atoms with Crippen LogP contribution in [0.4, 0.5) is 0 Å². The van der Waals surface area contributed by atoms with Crippen molar-refractivity contribution in [3.8, 4) is 0 Å². The molecule has 4 aliphatic rings. The van der Waals surface area contributed by atoms with Gasteiger partial charge in [0.2, 0.25) is 11.6 Å². The summed E-state index contributed by atoms with van der Waals surface area (Å²) in [5.74, 6) is -0.197. The highest BCUT2D eigenvalue weighted by molar-refractivity contribution is 6.22. The van der Waals surface area contributed by atoms with Crippen molar-refractivity contribution in [2.24, 2.45) is 5.73 Å². The maximum Gasteiger partial charge on any atom is 0.302 e. The molecule has 3 fully saturated rings. The number of carbonyl (C=O) groups is 3. The van der Waals surface area contributed by atoms with E-state index in [9.17, 15) is 14.4 Å². The maximum atomic E-state index is 12.4. The van der Waals surface area contributed by atoms with Gasteiger partial charge in [0, 0.05) is 52.3 Å². The van der Waals surface area contributed by atoms with Crippen molar-refractivity contribution in [2.75, 3.05) is 53.4 Å². The Kier molecular flexibility index (Phi) is 5.61. The average molecular weight is 336 g/mol. The third kappa shape index (κ3) is 4.14. The number of nitrogens with two attached hydrogens (primary N) is 1. The molecule has 0 saturated carbocycles. The maximum absolute atomic E-state index is 12.4. The van der Waals surface area contributed by atoms with Gasteiger partial charge in [0.05, 0.1) is 12.8 Å². The van der Waals surface area contributed by atoms with Gasteiger partial charge < -0.3 is 25.2 Å². The monoisotopic (exact) mass is 336 g/mol. The normalized spacial score (nSPS) is 20.5. The van der Waals surface area contributed by atoms with E-state index in [1.54, 1.807) is 0 Å². The Morgan fingerprint density at radius 1 is 0.958 bits per heavy atom. The smallest absolute Gasteiger partial charge is 0.302 e. The number of nitrogens with zero attached hydrogens (tertiary/aromatic N) is 3. The zero-order chi connectivity index (χ0) is 17.9. The third-order valence-corrected chi connectivity index (χ3v) is 3.78. The summed E-state index contributed by atoms with van der Waals surface area (Å²) in [6.07, 6.45) is 1.52. The number of Topliss-reactive ketones (excluding diaryl/α,β-unsaturated/α-hetero) is 1. The summed E-state index contributed by atoms with van der Waals surface area (Å²) in [6.45, 7) is 6.77. The lowest BCUT2D eigenvalue weighted by Crippen LogP contribution is -2.29. The van der Waals surface area contributed by atoms with Crippen molar-refractivity contribution < 1.29 is 19.1 Å². The molecule has 0 spiro atoms. The molecule has 1 aliphatic carbocycles. The number of esters is 1. The Morgan fingerprint density at radius 2 is 1.38 bits per heavy atom. The molecule has 0 aromatic carbocycles. The molecule has 8 heteroatoms. The molecule has 0 aromatic rings. The molecular weight excluding hydrogens is 312 g/mol. The molecule has 3 heterocycles. The van der Waals surface area contributed by atoms with E-state index in [0.717, 1.165) is 39.3 Å². The number of carbonyl (C=O) groups excluding carboxylic acids is 3. The van der Waals surface area contributed by atoms with Crippen LogP contribution in [0, 0.1) is 0 Å². The van der Waals surface area contributed by atoms with Crippen LogP contribution in [-0.2, 0) is 19.1 Å². The highest BCUT2D eigenvalue weighted by atomic mass is 16.5. The predicted octanol–water partition coefficient (Wildman–Crippen LogP) is -1.07. The predicted molar refractivity (Wildman–Crippen MR) is 87.6 cm³/mol. The molecule has 0 aromatic heterocycles. The lowest BCUT2D eigenvalue weighted by atomic mass is 10.0. The summed E-state index contributed by atoms with van der Waals surface area (Å²) >= 11 is 0. The van der Waals surface area contributed by atoms with Gasteiger partial charge in [-0.15, -0.1) is 0 Å². The largest absolute Gasteiger partial charge is 0.469 e. The van der Waals surface area contributed by atoms with Crippen molar-refractivity contribution >= 4 is 17.5 Å². The highest BCUT2D eigenvalue weighted by Gasteiger charge is 2.43. The minimum atomic E-state index is -0.245. The van der Waals surface area contributed by atoms with Gasteiger partial charge in [-0.2, -0.15) is 0 Å². The lowest BCUT2D eigenvalue weighted by Gasteiger charge is -2.21. The van der Waals surface area contributed by atoms with Gasteiger partial charge in [-0.3, -0.25) is 14.4 Å². The summed E-state index contributed by atoms with van der Waals surface area (Å²) < 4.78 is 4.11. The number of rotatable bonds is 3. The molecule has 0 unspecified atom stereocenters. The Hall–Kier alpha value is -2.35. The van der Waals surface area contributed by atoms with Crippen LogP contribution in [0.25, 0.3) is 0 Å². The van der Waals surface area contributed by atoms with Gasteiger partial charge in [-0.1, -0.05) is 0 Å². The topological polar surface area (TPSA) is 95.5 Å². The summed E-state index contributed by atoms with van der Waals surface area (Å²) in [5, 5.41) is 0. The minimum absolute atomic E-state index is 0.00546. The molecule has 0 bridgehead atoms. The second kappa shape index (κ2) is 7.48. The van der Waals surface area contributed by atoms with Crippen LogP contribution in [0.2, 0.25) is 0 Å². The molecule has 0 atom stereocenters. The lowest BCUT2D eigenvalue weighted by molar-refractivity contribution is -0.138. The Balaban J connectivity index is 0.000000259. The molecule has 8 nitrogen and oxygen atoms in total. The molecule has 3 aliphatic heterocycles. The first kappa shape index (κ1) is 18.0. The Morgan fingerprint density at radius 3 is 1.75 bits per heavy atom. The molecule has 4 rings (SSSR count). The zero-order valence-electron chi connectivity index (χ0n) is 14.4. The number of allylic oxidation sites excluding steroid dienone is 1. The van der Waals surface area contributed by atoms with Gasteiger partial charge in [0.25, 0.3) is 0 Å². The summed E-state index contributed by atoms with van der Waals surface area (Å²) in [4.78, 5) is 40.1. The first-order valence-corrected chi connectivity index (χ1v) is 7.95. The van der Waals surface area contributed by atoms with Gasteiger partial charge >= 0.3 is 5.97 Å². The van der Waals surface area contributed by atoms with Crippen molar-refractivity contribution in [3.05, 3.63) is 23.2 Å². The first-order valence-electron chi connectivity index (χ1n) is 7.95. The van der Waals surface area contributed by atoms with Gasteiger partial charge in [0.15, 0.2) is 0 Å². The molecule has 0 amide bonds. The molecule has 2 N–H and O–H groups in total. The number of methoxy groups -OCH3 is 1. The van der Waals surface area contributed by atoms with E-state index in [4.69, 9.17) is 0 Å². The first-order chi connectivity index (χ1) is 11.5. The van der Waals surface area contributed by atoms with Crippen LogP contribution in [0.3, 0.4) is 0 Å². The van der Waals surface area contributed by atoms with E-state index >= 15 is 0 Å². The fourth-order valence-electron chi connectivity index (χ4n) is 2.28. The molecule has 3 saturated heterocycles. The number of hydrogen-bond donors (Lipinski definition) is 1. The zero-order valence-corrected chi connectivity index (χ0v) is 14.4. The van der Waals surface area contributed by atoms with E-state index < -0.39 is 0 Å². The van der Waals surface area contributed by atoms with Gasteiger partial charge in [0.1, 0.15) is 11.4 Å². The van der Waals surface area contributed by atoms with Crippen molar-refractivity contribution in [2.45, 2.75) is 6.92 Å². The Bertz CT molecular complexity index is 599. The number of ether oxygens (including phenoxy) is 1. The Labute approximate surface area is 141 Å². The molecule has 24 heavy (non-hydrogen) atoms. The molecular formula is C16H24N4O4. The van der Waals surface area contributed by atoms with E-state index in [1.165, 1.54) is 27.2 Å². The van der Waals surface area contributed by atoms with Crippen LogP contribution < -0.4 is 5.73 Å². The van der Waals surface area contributed by atoms with E-state index in [1.807, 2.05) is 14.7 Å². The van der Waals surface area contributed by atoms with Crippen molar-refractivity contribution in [1.29, 1.82) is 0 Å². The van der Waals surface area contributed by atoms with Crippen molar-refractivity contribution in [3.63, 3.8) is 0 Å². The fourth-order valence-corrected chi connectivity index (χ4v) is 2.28. The molecule has 132 valence electrons. The molecule has 0 radical (unpaired) electrons. The van der Waals surface area contributed by atoms with Gasteiger partial charge in [-0.25, -0.2) is 0 Å². The summed E-state index contributed by atoms with van der Waals surface area (Å²) in [6, 6.07) is 0. The van der Waals surface area contributed by atoms with Gasteiger partial charge in [-0.05, 0) is 7.05 Å². The van der Waals surface area contributed by atoms with Crippen LogP contribution in [0.1, 0.15) is 6.92 Å². The van der Waals surface area contributed by atoms with Crippen LogP contribution in [0.15, 0.2) is 23.2 Å². The second-order valence-electron chi connectivity index (χ2n) is 5.58.